The molecule has 0 fully saturated rings. The number of halogens is 1. The highest BCUT2D eigenvalue weighted by atomic mass is 35.5. The van der Waals surface area contributed by atoms with Crippen molar-refractivity contribution >= 4 is 17.5 Å². The van der Waals surface area contributed by atoms with E-state index in [2.05, 4.69) is 5.32 Å². The summed E-state index contributed by atoms with van der Waals surface area (Å²) in [5.74, 6) is -0.147. The molecule has 1 heterocycles. The van der Waals surface area contributed by atoms with E-state index in [1.54, 1.807) is 43.3 Å². The maximum atomic E-state index is 11.7. The van der Waals surface area contributed by atoms with Crippen molar-refractivity contribution < 1.29 is 14.3 Å². The van der Waals surface area contributed by atoms with Crippen LogP contribution in [-0.2, 0) is 5.60 Å². The van der Waals surface area contributed by atoms with Gasteiger partial charge in [-0.15, -0.1) is 0 Å². The minimum absolute atomic E-state index is 0.0775. The van der Waals surface area contributed by atoms with Gasteiger partial charge in [-0.2, -0.15) is 0 Å². The molecule has 0 bridgehead atoms. The average molecular weight is 280 g/mol. The fraction of sp³-hybridized carbons (Fsp3) is 0.214. The summed E-state index contributed by atoms with van der Waals surface area (Å²) in [6, 6.07) is 10.0. The molecule has 1 aromatic heterocycles. The second-order valence-corrected chi connectivity index (χ2v) is 4.88. The fourth-order valence-electron chi connectivity index (χ4n) is 1.66. The molecule has 2 rings (SSSR count). The number of amides is 1. The van der Waals surface area contributed by atoms with Gasteiger partial charge in [-0.3, -0.25) is 4.79 Å². The molecule has 5 heteroatoms. The second kappa shape index (κ2) is 5.47. The van der Waals surface area contributed by atoms with Crippen molar-refractivity contribution in [3.05, 3.63) is 59.0 Å². The molecule has 2 N–H and O–H groups in total. The van der Waals surface area contributed by atoms with E-state index in [9.17, 15) is 9.90 Å². The van der Waals surface area contributed by atoms with Crippen molar-refractivity contribution in [3.63, 3.8) is 0 Å². The van der Waals surface area contributed by atoms with Gasteiger partial charge in [0.25, 0.3) is 5.91 Å². The van der Waals surface area contributed by atoms with Crippen molar-refractivity contribution in [2.45, 2.75) is 12.5 Å². The van der Waals surface area contributed by atoms with Gasteiger partial charge in [0.2, 0.25) is 0 Å². The highest BCUT2D eigenvalue weighted by Crippen LogP contribution is 2.21. The smallest absolute Gasteiger partial charge is 0.287 e. The Balaban J connectivity index is 2.01. The van der Waals surface area contributed by atoms with E-state index in [0.29, 0.717) is 10.6 Å². The molecule has 0 aliphatic carbocycles. The number of hydrogen-bond donors (Lipinski definition) is 2. The molecule has 0 aliphatic rings. The lowest BCUT2D eigenvalue weighted by Crippen LogP contribution is -2.38. The molecule has 1 aromatic carbocycles. The molecule has 2 aromatic rings. The zero-order valence-electron chi connectivity index (χ0n) is 10.4. The third-order valence-electron chi connectivity index (χ3n) is 2.80. The largest absolute Gasteiger partial charge is 0.459 e. The van der Waals surface area contributed by atoms with E-state index in [1.165, 1.54) is 6.26 Å². The summed E-state index contributed by atoms with van der Waals surface area (Å²) in [6.07, 6.45) is 1.42. The summed E-state index contributed by atoms with van der Waals surface area (Å²) >= 11 is 5.79. The minimum atomic E-state index is -1.17. The number of aliphatic hydroxyl groups is 1. The van der Waals surface area contributed by atoms with Crippen molar-refractivity contribution in [2.24, 2.45) is 0 Å². The molecule has 0 saturated heterocycles. The molecule has 0 aliphatic heterocycles. The predicted molar refractivity (Wildman–Crippen MR) is 72.1 cm³/mol. The topological polar surface area (TPSA) is 62.5 Å². The first-order valence-corrected chi connectivity index (χ1v) is 6.17. The number of hydrogen-bond acceptors (Lipinski definition) is 3. The molecule has 19 heavy (non-hydrogen) atoms. The Morgan fingerprint density at radius 3 is 2.63 bits per heavy atom. The molecular formula is C14H14ClNO3. The minimum Gasteiger partial charge on any atom is -0.459 e. The molecule has 4 nitrogen and oxygen atoms in total. The van der Waals surface area contributed by atoms with Gasteiger partial charge in [0.1, 0.15) is 5.60 Å². The Morgan fingerprint density at radius 2 is 2.05 bits per heavy atom. The van der Waals surface area contributed by atoms with Crippen LogP contribution in [0.2, 0.25) is 5.02 Å². The van der Waals surface area contributed by atoms with Crippen molar-refractivity contribution in [1.29, 1.82) is 0 Å². The second-order valence-electron chi connectivity index (χ2n) is 4.44. The zero-order valence-corrected chi connectivity index (χ0v) is 11.1. The first-order valence-electron chi connectivity index (χ1n) is 5.79. The van der Waals surface area contributed by atoms with E-state index in [4.69, 9.17) is 16.0 Å². The number of rotatable bonds is 4. The van der Waals surface area contributed by atoms with Crippen LogP contribution in [0.5, 0.6) is 0 Å². The van der Waals surface area contributed by atoms with Gasteiger partial charge < -0.3 is 14.8 Å². The van der Waals surface area contributed by atoms with Crippen LogP contribution < -0.4 is 5.32 Å². The summed E-state index contributed by atoms with van der Waals surface area (Å²) in [5.41, 5.74) is -0.496. The third kappa shape index (κ3) is 3.36. The zero-order chi connectivity index (χ0) is 13.9. The monoisotopic (exact) mass is 279 g/mol. The Morgan fingerprint density at radius 1 is 1.37 bits per heavy atom. The van der Waals surface area contributed by atoms with Crippen LogP contribution in [-0.4, -0.2) is 17.6 Å². The number of benzene rings is 1. The lowest BCUT2D eigenvalue weighted by molar-refractivity contribution is 0.0519. The first kappa shape index (κ1) is 13.6. The Labute approximate surface area is 116 Å². The van der Waals surface area contributed by atoms with Gasteiger partial charge in [0.15, 0.2) is 5.76 Å². The summed E-state index contributed by atoms with van der Waals surface area (Å²) in [5, 5.41) is 13.6. The Hall–Kier alpha value is -1.78. The lowest BCUT2D eigenvalue weighted by Gasteiger charge is -2.24. The number of carbonyl (C=O) groups excluding carboxylic acids is 1. The standard InChI is InChI=1S/C14H14ClNO3/c1-14(18,10-4-6-11(15)7-5-10)9-16-13(17)12-3-2-8-19-12/h2-8,18H,9H2,1H3,(H,16,17). The quantitative estimate of drug-likeness (QED) is 0.904. The highest BCUT2D eigenvalue weighted by Gasteiger charge is 2.24. The van der Waals surface area contributed by atoms with Gasteiger partial charge >= 0.3 is 0 Å². The Bertz CT molecular complexity index is 547. The van der Waals surface area contributed by atoms with Gasteiger partial charge in [-0.1, -0.05) is 23.7 Å². The molecule has 0 saturated carbocycles. The average Bonchev–Trinajstić information content (AvgIpc) is 2.90. The van der Waals surface area contributed by atoms with E-state index >= 15 is 0 Å². The predicted octanol–water partition coefficient (Wildman–Crippen LogP) is 2.57. The van der Waals surface area contributed by atoms with Crippen LogP contribution in [0.3, 0.4) is 0 Å². The molecule has 1 amide bonds. The van der Waals surface area contributed by atoms with Gasteiger partial charge in [0.05, 0.1) is 12.8 Å². The molecular weight excluding hydrogens is 266 g/mol. The summed E-state index contributed by atoms with van der Waals surface area (Å²) in [4.78, 5) is 11.7. The van der Waals surface area contributed by atoms with Gasteiger partial charge in [-0.05, 0) is 36.8 Å². The summed E-state index contributed by atoms with van der Waals surface area (Å²) < 4.78 is 4.97. The maximum Gasteiger partial charge on any atom is 0.287 e. The molecule has 1 atom stereocenters. The maximum absolute atomic E-state index is 11.7. The third-order valence-corrected chi connectivity index (χ3v) is 3.06. The lowest BCUT2D eigenvalue weighted by atomic mass is 9.96. The molecule has 1 unspecified atom stereocenters. The highest BCUT2D eigenvalue weighted by molar-refractivity contribution is 6.30. The fourth-order valence-corrected chi connectivity index (χ4v) is 1.78. The van der Waals surface area contributed by atoms with Crippen LogP contribution in [0.1, 0.15) is 23.0 Å². The summed E-state index contributed by atoms with van der Waals surface area (Å²) in [7, 11) is 0. The van der Waals surface area contributed by atoms with E-state index in [0.717, 1.165) is 0 Å². The van der Waals surface area contributed by atoms with Gasteiger partial charge in [-0.25, -0.2) is 0 Å². The number of furan rings is 1. The Kier molecular flexibility index (Phi) is 3.93. The van der Waals surface area contributed by atoms with Crippen LogP contribution >= 0.6 is 11.6 Å². The van der Waals surface area contributed by atoms with Crippen molar-refractivity contribution in [2.75, 3.05) is 6.54 Å². The van der Waals surface area contributed by atoms with E-state index in [1.807, 2.05) is 0 Å². The van der Waals surface area contributed by atoms with Gasteiger partial charge in [0, 0.05) is 5.02 Å². The van der Waals surface area contributed by atoms with Crippen molar-refractivity contribution in [1.82, 2.24) is 5.32 Å². The molecule has 100 valence electrons. The van der Waals surface area contributed by atoms with Crippen LogP contribution in [0.4, 0.5) is 0 Å². The van der Waals surface area contributed by atoms with Crippen LogP contribution in [0.15, 0.2) is 47.1 Å². The first-order chi connectivity index (χ1) is 8.99. The van der Waals surface area contributed by atoms with Crippen LogP contribution in [0, 0.1) is 0 Å². The molecule has 0 spiro atoms. The van der Waals surface area contributed by atoms with E-state index in [-0.39, 0.29) is 18.2 Å². The normalized spacial score (nSPS) is 13.8. The van der Waals surface area contributed by atoms with Crippen LogP contribution in [0.25, 0.3) is 0 Å². The van der Waals surface area contributed by atoms with Crippen molar-refractivity contribution in [3.8, 4) is 0 Å². The number of nitrogens with one attached hydrogen (secondary N) is 1. The van der Waals surface area contributed by atoms with E-state index < -0.39 is 5.60 Å². The summed E-state index contributed by atoms with van der Waals surface area (Å²) in [6.45, 7) is 1.70. The molecule has 0 radical (unpaired) electrons. The SMILES string of the molecule is CC(O)(CNC(=O)c1ccco1)c1ccc(Cl)cc1. The number of carbonyl (C=O) groups is 1.